The van der Waals surface area contributed by atoms with Gasteiger partial charge in [0.15, 0.2) is 0 Å². The Labute approximate surface area is 230 Å². The van der Waals surface area contributed by atoms with Gasteiger partial charge in [0, 0.05) is 13.2 Å². The van der Waals surface area contributed by atoms with Crippen LogP contribution in [0, 0.1) is 5.92 Å². The van der Waals surface area contributed by atoms with Gasteiger partial charge in [-0.15, -0.1) is 0 Å². The molecule has 1 aromatic rings. The maximum Gasteiger partial charge on any atom is 0.336 e. The van der Waals surface area contributed by atoms with Crippen molar-refractivity contribution < 1.29 is 23.7 Å². The molecule has 0 amide bonds. The lowest BCUT2D eigenvalue weighted by molar-refractivity contribution is 0.114. The quantitative estimate of drug-likeness (QED) is 0.268. The lowest BCUT2D eigenvalue weighted by Crippen LogP contribution is -2.55. The number of epoxide rings is 4. The van der Waals surface area contributed by atoms with Gasteiger partial charge in [-0.25, -0.2) is 28.1 Å². The molecule has 4 aliphatic heterocycles. The molecule has 5 fully saturated rings. The van der Waals surface area contributed by atoms with E-state index in [2.05, 4.69) is 13.8 Å². The molecular formula is C28H47N3O8. The average molecular weight is 554 g/mol. The number of unbranched alkanes of at least 4 members (excludes halogenated alkanes) is 2. The summed E-state index contributed by atoms with van der Waals surface area (Å²) in [6.45, 7) is 10.9. The molecule has 5 heterocycles. The monoisotopic (exact) mass is 553 g/mol. The van der Waals surface area contributed by atoms with Crippen LogP contribution >= 0.6 is 0 Å². The summed E-state index contributed by atoms with van der Waals surface area (Å²) >= 11 is 0. The lowest BCUT2D eigenvalue weighted by atomic mass is 9.88. The van der Waals surface area contributed by atoms with E-state index < -0.39 is 17.1 Å². The molecule has 0 spiro atoms. The van der Waals surface area contributed by atoms with E-state index in [9.17, 15) is 14.4 Å². The van der Waals surface area contributed by atoms with Crippen LogP contribution < -0.4 is 17.1 Å². The third kappa shape index (κ3) is 9.38. The zero-order valence-corrected chi connectivity index (χ0v) is 23.9. The number of hydrogen-bond donors (Lipinski definition) is 0. The molecule has 6 atom stereocenters. The van der Waals surface area contributed by atoms with E-state index in [0.29, 0.717) is 44.5 Å². The first kappa shape index (κ1) is 30.2. The molecule has 6 unspecified atom stereocenters. The van der Waals surface area contributed by atoms with Crippen molar-refractivity contribution in [2.45, 2.75) is 122 Å². The van der Waals surface area contributed by atoms with E-state index in [1.165, 1.54) is 38.5 Å². The van der Waals surface area contributed by atoms with Gasteiger partial charge in [-0.05, 0) is 31.6 Å². The van der Waals surface area contributed by atoms with Gasteiger partial charge in [-0.1, -0.05) is 46.5 Å². The lowest BCUT2D eigenvalue weighted by Gasteiger charge is -2.14. The molecule has 1 aromatic heterocycles. The highest BCUT2D eigenvalue weighted by atomic mass is 16.6. The zero-order valence-electron chi connectivity index (χ0n) is 23.9. The van der Waals surface area contributed by atoms with Crippen LogP contribution in [-0.4, -0.2) is 77.3 Å². The van der Waals surface area contributed by atoms with Crippen LogP contribution in [0.4, 0.5) is 0 Å². The molecule has 222 valence electrons. The molecule has 11 heteroatoms. The van der Waals surface area contributed by atoms with Crippen molar-refractivity contribution in [1.29, 1.82) is 0 Å². The van der Waals surface area contributed by atoms with Crippen molar-refractivity contribution in [1.82, 2.24) is 13.7 Å². The maximum absolute atomic E-state index is 12.4. The molecule has 0 bridgehead atoms. The largest absolute Gasteiger partial charge is 0.379 e. The molecule has 0 aromatic carbocycles. The van der Waals surface area contributed by atoms with E-state index in [4.69, 9.17) is 23.7 Å². The van der Waals surface area contributed by atoms with Crippen molar-refractivity contribution in [2.75, 3.05) is 33.0 Å². The number of rotatable bonds is 13. The Bertz CT molecular complexity index is 1020. The zero-order chi connectivity index (χ0) is 27.8. The van der Waals surface area contributed by atoms with E-state index in [1.54, 1.807) is 0 Å². The van der Waals surface area contributed by atoms with Gasteiger partial charge in [0.1, 0.15) is 6.10 Å². The number of nitrogens with zero attached hydrogens (tertiary/aromatic N) is 3. The van der Waals surface area contributed by atoms with Gasteiger partial charge in [0.2, 0.25) is 0 Å². The van der Waals surface area contributed by atoms with Crippen molar-refractivity contribution in [3.05, 3.63) is 31.5 Å². The summed E-state index contributed by atoms with van der Waals surface area (Å²) in [5, 5.41) is 0. The fourth-order valence-electron chi connectivity index (χ4n) is 4.87. The fourth-order valence-corrected chi connectivity index (χ4v) is 4.87. The van der Waals surface area contributed by atoms with Crippen LogP contribution in [0.5, 0.6) is 0 Å². The number of ether oxygens (including phenoxy) is 5. The van der Waals surface area contributed by atoms with Crippen LogP contribution in [0.3, 0.4) is 0 Å². The molecule has 11 nitrogen and oxygen atoms in total. The SMILES string of the molecule is CCC1CCCC2OC12.CCCCOCC1CO1.CCCCn1c(=O)n(CC2CO2)c(=O)n(CC2CO2)c1=O. The van der Waals surface area contributed by atoms with Gasteiger partial charge >= 0.3 is 17.1 Å². The number of hydrogen-bond acceptors (Lipinski definition) is 8. The summed E-state index contributed by atoms with van der Waals surface area (Å²) in [5.41, 5.74) is -1.65. The Kier molecular flexibility index (Phi) is 11.4. The highest BCUT2D eigenvalue weighted by Gasteiger charge is 2.45. The molecular weight excluding hydrogens is 506 g/mol. The van der Waals surface area contributed by atoms with E-state index in [1.807, 2.05) is 6.92 Å². The molecule has 1 saturated carbocycles. The van der Waals surface area contributed by atoms with Crippen LogP contribution in [0.25, 0.3) is 0 Å². The fraction of sp³-hybridized carbons (Fsp3) is 0.893. The predicted octanol–water partition coefficient (Wildman–Crippen LogP) is 1.94. The van der Waals surface area contributed by atoms with Crippen molar-refractivity contribution in [2.24, 2.45) is 5.92 Å². The Morgan fingerprint density at radius 2 is 1.33 bits per heavy atom. The first-order chi connectivity index (χ1) is 19.0. The van der Waals surface area contributed by atoms with Gasteiger partial charge in [-0.2, -0.15) is 0 Å². The van der Waals surface area contributed by atoms with Gasteiger partial charge in [0.25, 0.3) is 0 Å². The van der Waals surface area contributed by atoms with E-state index in [-0.39, 0.29) is 25.3 Å². The minimum atomic E-state index is -0.566. The van der Waals surface area contributed by atoms with Crippen LogP contribution in [0.15, 0.2) is 14.4 Å². The molecule has 1 aliphatic carbocycles. The topological polar surface area (TPSA) is 125 Å². The summed E-state index contributed by atoms with van der Waals surface area (Å²) in [7, 11) is 0. The smallest absolute Gasteiger partial charge is 0.336 e. The van der Waals surface area contributed by atoms with Gasteiger partial charge < -0.3 is 23.7 Å². The van der Waals surface area contributed by atoms with Crippen molar-refractivity contribution in [3.8, 4) is 0 Å². The highest BCUT2D eigenvalue weighted by Crippen LogP contribution is 2.41. The van der Waals surface area contributed by atoms with E-state index >= 15 is 0 Å². The predicted molar refractivity (Wildman–Crippen MR) is 145 cm³/mol. The summed E-state index contributed by atoms with van der Waals surface area (Å²) in [6, 6.07) is 0. The molecule has 6 rings (SSSR count). The van der Waals surface area contributed by atoms with Crippen LogP contribution in [-0.2, 0) is 43.3 Å². The third-order valence-corrected chi connectivity index (χ3v) is 7.72. The first-order valence-electron chi connectivity index (χ1n) is 15.0. The average Bonchev–Trinajstić information content (AvgIpc) is 3.78. The van der Waals surface area contributed by atoms with Crippen molar-refractivity contribution >= 4 is 0 Å². The number of fused-ring (bicyclic) bond motifs is 1. The standard InChI is InChI=1S/C13H19N3O5.C8H14O.C7H14O2/c1-2-3-4-14-11(17)15(5-9-7-20-9)13(19)16(12(14)18)6-10-8-21-10;1-2-6-4-3-5-7-8(6)9-7;1-2-3-4-8-5-7-6-9-7/h9-10H,2-8H2,1H3;6-8H,2-5H2,1H3;7H,2-6H2,1H3. The molecule has 5 aliphatic rings. The van der Waals surface area contributed by atoms with Crippen LogP contribution in [0.2, 0.25) is 0 Å². The summed E-state index contributed by atoms with van der Waals surface area (Å²) in [5.74, 6) is 0.906. The summed E-state index contributed by atoms with van der Waals surface area (Å²) in [4.78, 5) is 37.1. The highest BCUT2D eigenvalue weighted by molar-refractivity contribution is 4.93. The Morgan fingerprint density at radius 3 is 1.82 bits per heavy atom. The van der Waals surface area contributed by atoms with Gasteiger partial charge in [0.05, 0.1) is 63.9 Å². The first-order valence-corrected chi connectivity index (χ1v) is 15.0. The van der Waals surface area contributed by atoms with Gasteiger partial charge in [-0.3, -0.25) is 0 Å². The maximum atomic E-state index is 12.4. The van der Waals surface area contributed by atoms with Crippen LogP contribution in [0.1, 0.15) is 72.1 Å². The molecule has 0 N–H and O–H groups in total. The molecule has 39 heavy (non-hydrogen) atoms. The normalized spacial score (nSPS) is 29.3. The molecule has 4 saturated heterocycles. The third-order valence-electron chi connectivity index (χ3n) is 7.72. The van der Waals surface area contributed by atoms with E-state index in [0.717, 1.165) is 45.9 Å². The second-order valence-corrected chi connectivity index (χ2v) is 11.1. The Morgan fingerprint density at radius 1 is 0.769 bits per heavy atom. The summed E-state index contributed by atoms with van der Waals surface area (Å²) < 4.78 is 29.3. The number of aromatic nitrogens is 3. The second-order valence-electron chi connectivity index (χ2n) is 11.1. The van der Waals surface area contributed by atoms with Crippen molar-refractivity contribution in [3.63, 3.8) is 0 Å². The Hall–Kier alpha value is -1.79. The summed E-state index contributed by atoms with van der Waals surface area (Å²) in [6.07, 6.45) is 11.0. The molecule has 0 radical (unpaired) electrons. The Balaban J connectivity index is 0.000000161. The minimum Gasteiger partial charge on any atom is -0.379 e. The second kappa shape index (κ2) is 14.7. The minimum absolute atomic E-state index is 0.0989.